The second-order valence-electron chi connectivity index (χ2n) is 3.22. The quantitative estimate of drug-likeness (QED) is 0.635. The predicted octanol–water partition coefficient (Wildman–Crippen LogP) is -0.400. The van der Waals surface area contributed by atoms with Crippen LogP contribution in [0.1, 0.15) is 0 Å². The molecule has 0 atom stereocenters. The van der Waals surface area contributed by atoms with Crippen molar-refractivity contribution in [2.75, 3.05) is 30.3 Å². The Morgan fingerprint density at radius 1 is 1.50 bits per heavy atom. The summed E-state index contributed by atoms with van der Waals surface area (Å²) in [6.45, 7) is 1.84. The molecule has 0 unspecified atom stereocenters. The summed E-state index contributed by atoms with van der Waals surface area (Å²) in [5, 5.41) is 2.76. The van der Waals surface area contributed by atoms with Crippen LogP contribution in [-0.2, 0) is 4.79 Å². The first-order chi connectivity index (χ1) is 6.75. The number of rotatable bonds is 1. The summed E-state index contributed by atoms with van der Waals surface area (Å²) in [7, 11) is 0. The first-order valence-corrected chi connectivity index (χ1v) is 4.49. The van der Waals surface area contributed by atoms with Gasteiger partial charge in [-0.1, -0.05) is 0 Å². The molecule has 14 heavy (non-hydrogen) atoms. The van der Waals surface area contributed by atoms with Crippen molar-refractivity contribution in [3.05, 3.63) is 18.3 Å². The van der Waals surface area contributed by atoms with Crippen molar-refractivity contribution in [2.24, 2.45) is 0 Å². The van der Waals surface area contributed by atoms with Crippen LogP contribution < -0.4 is 16.0 Å². The molecule has 2 rings (SSSR count). The molecule has 0 aliphatic carbocycles. The van der Waals surface area contributed by atoms with E-state index >= 15 is 0 Å². The number of amides is 1. The first-order valence-electron chi connectivity index (χ1n) is 4.49. The van der Waals surface area contributed by atoms with E-state index in [2.05, 4.69) is 10.3 Å². The van der Waals surface area contributed by atoms with Gasteiger partial charge in [-0.05, 0) is 12.1 Å². The molecular weight excluding hydrogens is 180 g/mol. The van der Waals surface area contributed by atoms with Crippen molar-refractivity contribution >= 4 is 17.4 Å². The topological polar surface area (TPSA) is 71.2 Å². The van der Waals surface area contributed by atoms with Crippen LogP contribution in [0.15, 0.2) is 18.3 Å². The minimum absolute atomic E-state index is 0.0369. The lowest BCUT2D eigenvalue weighted by atomic mass is 10.3. The van der Waals surface area contributed by atoms with Crippen LogP contribution in [0.25, 0.3) is 0 Å². The smallest absolute Gasteiger partial charge is 0.239 e. The maximum absolute atomic E-state index is 11.1. The van der Waals surface area contributed by atoms with E-state index in [4.69, 9.17) is 5.73 Å². The minimum atomic E-state index is 0.0369. The fourth-order valence-electron chi connectivity index (χ4n) is 1.42. The largest absolute Gasteiger partial charge is 0.397 e. The van der Waals surface area contributed by atoms with Crippen molar-refractivity contribution in [3.63, 3.8) is 0 Å². The van der Waals surface area contributed by atoms with E-state index in [9.17, 15) is 4.79 Å². The average molecular weight is 192 g/mol. The lowest BCUT2D eigenvalue weighted by Crippen LogP contribution is -2.48. The maximum Gasteiger partial charge on any atom is 0.239 e. The molecule has 0 saturated carbocycles. The first kappa shape index (κ1) is 8.80. The monoisotopic (exact) mass is 192 g/mol. The zero-order chi connectivity index (χ0) is 9.97. The number of nitrogens with one attached hydrogen (secondary N) is 1. The van der Waals surface area contributed by atoms with Gasteiger partial charge < -0.3 is 16.0 Å². The molecule has 0 radical (unpaired) electrons. The van der Waals surface area contributed by atoms with Crippen LogP contribution in [0.3, 0.4) is 0 Å². The Kier molecular flexibility index (Phi) is 2.22. The Morgan fingerprint density at radius 3 is 3.00 bits per heavy atom. The molecule has 0 spiro atoms. The van der Waals surface area contributed by atoms with E-state index in [0.29, 0.717) is 18.8 Å². The minimum Gasteiger partial charge on any atom is -0.397 e. The summed E-state index contributed by atoms with van der Waals surface area (Å²) in [4.78, 5) is 17.2. The van der Waals surface area contributed by atoms with E-state index in [1.54, 1.807) is 12.3 Å². The summed E-state index contributed by atoms with van der Waals surface area (Å²) >= 11 is 0. The number of nitrogen functional groups attached to an aromatic ring is 1. The van der Waals surface area contributed by atoms with Gasteiger partial charge in [0.25, 0.3) is 0 Å². The van der Waals surface area contributed by atoms with Gasteiger partial charge in [0.15, 0.2) is 0 Å². The second kappa shape index (κ2) is 3.53. The fraction of sp³-hybridized carbons (Fsp3) is 0.333. The molecule has 1 amide bonds. The normalized spacial score (nSPS) is 16.6. The highest BCUT2D eigenvalue weighted by molar-refractivity contribution is 5.82. The maximum atomic E-state index is 11.1. The van der Waals surface area contributed by atoms with Gasteiger partial charge in [-0.25, -0.2) is 4.98 Å². The average Bonchev–Trinajstić information content (AvgIpc) is 2.19. The SMILES string of the molecule is Nc1ccc(N2CCNC(=O)C2)nc1. The van der Waals surface area contributed by atoms with Crippen LogP contribution in [0.4, 0.5) is 11.5 Å². The van der Waals surface area contributed by atoms with Crippen LogP contribution in [-0.4, -0.2) is 30.5 Å². The lowest BCUT2D eigenvalue weighted by Gasteiger charge is -2.27. The molecule has 5 nitrogen and oxygen atoms in total. The number of nitrogens with zero attached hydrogens (tertiary/aromatic N) is 2. The summed E-state index contributed by atoms with van der Waals surface area (Å²) in [5.74, 6) is 0.837. The molecule has 0 aromatic carbocycles. The third kappa shape index (κ3) is 1.76. The Bertz CT molecular complexity index is 335. The van der Waals surface area contributed by atoms with Gasteiger partial charge in [0.05, 0.1) is 18.4 Å². The Hall–Kier alpha value is -1.78. The van der Waals surface area contributed by atoms with E-state index < -0.39 is 0 Å². The number of carbonyl (C=O) groups is 1. The molecule has 1 fully saturated rings. The molecule has 1 aliphatic rings. The molecule has 74 valence electrons. The highest BCUT2D eigenvalue weighted by atomic mass is 16.2. The van der Waals surface area contributed by atoms with E-state index in [1.807, 2.05) is 11.0 Å². The van der Waals surface area contributed by atoms with Gasteiger partial charge in [-0.3, -0.25) is 4.79 Å². The number of pyridine rings is 1. The van der Waals surface area contributed by atoms with Crippen LogP contribution in [0.2, 0.25) is 0 Å². The number of anilines is 2. The second-order valence-corrected chi connectivity index (χ2v) is 3.22. The van der Waals surface area contributed by atoms with Gasteiger partial charge >= 0.3 is 0 Å². The molecule has 1 aliphatic heterocycles. The van der Waals surface area contributed by atoms with Crippen LogP contribution in [0.5, 0.6) is 0 Å². The van der Waals surface area contributed by atoms with E-state index in [0.717, 1.165) is 12.4 Å². The highest BCUT2D eigenvalue weighted by Crippen LogP contribution is 2.12. The van der Waals surface area contributed by atoms with Gasteiger partial charge in [0.2, 0.25) is 5.91 Å². The zero-order valence-corrected chi connectivity index (χ0v) is 7.73. The molecule has 3 N–H and O–H groups in total. The number of nitrogens with two attached hydrogens (primary N) is 1. The molecule has 0 bridgehead atoms. The van der Waals surface area contributed by atoms with Crippen molar-refractivity contribution in [3.8, 4) is 0 Å². The Balaban J connectivity index is 2.14. The number of hydrogen-bond acceptors (Lipinski definition) is 4. The van der Waals surface area contributed by atoms with Gasteiger partial charge in [-0.15, -0.1) is 0 Å². The summed E-state index contributed by atoms with van der Waals surface area (Å²) in [5.41, 5.74) is 6.16. The number of aromatic nitrogens is 1. The number of carbonyl (C=O) groups excluding carboxylic acids is 1. The molecule has 2 heterocycles. The molecule has 1 aromatic heterocycles. The highest BCUT2D eigenvalue weighted by Gasteiger charge is 2.16. The number of hydrogen-bond donors (Lipinski definition) is 2. The zero-order valence-electron chi connectivity index (χ0n) is 7.73. The van der Waals surface area contributed by atoms with Crippen molar-refractivity contribution in [1.29, 1.82) is 0 Å². The fourth-order valence-corrected chi connectivity index (χ4v) is 1.42. The molecule has 1 aromatic rings. The predicted molar refractivity (Wildman–Crippen MR) is 53.9 cm³/mol. The Labute approximate surface area is 81.9 Å². The molecule has 1 saturated heterocycles. The summed E-state index contributed by atoms with van der Waals surface area (Å²) in [6, 6.07) is 3.61. The third-order valence-corrected chi connectivity index (χ3v) is 2.13. The van der Waals surface area contributed by atoms with Crippen LogP contribution >= 0.6 is 0 Å². The standard InChI is InChI=1S/C9H12N4O/c10-7-1-2-8(12-5-7)13-4-3-11-9(14)6-13/h1-2,5H,3-4,6,10H2,(H,11,14). The van der Waals surface area contributed by atoms with Crippen molar-refractivity contribution in [1.82, 2.24) is 10.3 Å². The Morgan fingerprint density at radius 2 is 2.36 bits per heavy atom. The summed E-state index contributed by atoms with van der Waals surface area (Å²) in [6.07, 6.45) is 1.60. The van der Waals surface area contributed by atoms with Gasteiger partial charge in [-0.2, -0.15) is 0 Å². The van der Waals surface area contributed by atoms with Gasteiger partial charge in [0.1, 0.15) is 5.82 Å². The van der Waals surface area contributed by atoms with E-state index in [1.165, 1.54) is 0 Å². The van der Waals surface area contributed by atoms with Crippen LogP contribution in [0, 0.1) is 0 Å². The van der Waals surface area contributed by atoms with Gasteiger partial charge in [0, 0.05) is 13.1 Å². The third-order valence-electron chi connectivity index (χ3n) is 2.13. The lowest BCUT2D eigenvalue weighted by molar-refractivity contribution is -0.120. The summed E-state index contributed by atoms with van der Waals surface area (Å²) < 4.78 is 0. The van der Waals surface area contributed by atoms with Crippen molar-refractivity contribution < 1.29 is 4.79 Å². The van der Waals surface area contributed by atoms with E-state index in [-0.39, 0.29) is 5.91 Å². The molecular formula is C9H12N4O. The molecule has 5 heteroatoms. The van der Waals surface area contributed by atoms with Crippen molar-refractivity contribution in [2.45, 2.75) is 0 Å². The number of piperazine rings is 1.